The van der Waals surface area contributed by atoms with Crippen LogP contribution in [0.15, 0.2) is 65.4 Å². The summed E-state index contributed by atoms with van der Waals surface area (Å²) < 4.78 is 13.9. The minimum absolute atomic E-state index is 0.158. The standard InChI is InChI=1S/C21H24N2O2/c1-2-24-20-11-4-3-9-18(20)21-19-10-5-12-22(19)13-7-14-23(21)16-17-8-6-15-25-17/h3-6,8-12,15,21H,2,7,13-14,16H2,1H3. The van der Waals surface area contributed by atoms with Crippen LogP contribution in [0.4, 0.5) is 0 Å². The highest BCUT2D eigenvalue weighted by Gasteiger charge is 2.30. The van der Waals surface area contributed by atoms with Crippen molar-refractivity contribution in [3.05, 3.63) is 78.0 Å². The molecule has 4 rings (SSSR count). The van der Waals surface area contributed by atoms with Gasteiger partial charge >= 0.3 is 0 Å². The van der Waals surface area contributed by atoms with Crippen LogP contribution < -0.4 is 4.74 Å². The molecular weight excluding hydrogens is 312 g/mol. The largest absolute Gasteiger partial charge is 0.494 e. The molecule has 0 aliphatic carbocycles. The lowest BCUT2D eigenvalue weighted by molar-refractivity contribution is 0.198. The van der Waals surface area contributed by atoms with E-state index >= 15 is 0 Å². The Balaban J connectivity index is 1.78. The molecule has 2 aromatic heterocycles. The Morgan fingerprint density at radius 1 is 1.08 bits per heavy atom. The van der Waals surface area contributed by atoms with E-state index in [0.29, 0.717) is 6.61 Å². The first-order valence-electron chi connectivity index (χ1n) is 9.00. The fourth-order valence-corrected chi connectivity index (χ4v) is 3.76. The third-order valence-electron chi connectivity index (χ3n) is 4.81. The van der Waals surface area contributed by atoms with E-state index in [0.717, 1.165) is 37.6 Å². The summed E-state index contributed by atoms with van der Waals surface area (Å²) in [6, 6.07) is 16.9. The van der Waals surface area contributed by atoms with Gasteiger partial charge in [0.15, 0.2) is 0 Å². The molecule has 0 saturated carbocycles. The maximum Gasteiger partial charge on any atom is 0.124 e. The number of nitrogens with zero attached hydrogens (tertiary/aromatic N) is 2. The lowest BCUT2D eigenvalue weighted by Gasteiger charge is -2.31. The SMILES string of the molecule is CCOc1ccccc1C1c2cccn2CCCN1Cc1ccco1. The van der Waals surface area contributed by atoms with Crippen LogP contribution in [0, 0.1) is 0 Å². The van der Waals surface area contributed by atoms with E-state index in [2.05, 4.69) is 52.1 Å². The topological polar surface area (TPSA) is 30.5 Å². The summed E-state index contributed by atoms with van der Waals surface area (Å²) in [4.78, 5) is 2.50. The van der Waals surface area contributed by atoms with Crippen molar-refractivity contribution >= 4 is 0 Å². The van der Waals surface area contributed by atoms with Crippen LogP contribution in [0.2, 0.25) is 0 Å². The van der Waals surface area contributed by atoms with Gasteiger partial charge in [0, 0.05) is 30.5 Å². The van der Waals surface area contributed by atoms with Crippen LogP contribution in [-0.2, 0) is 13.1 Å². The summed E-state index contributed by atoms with van der Waals surface area (Å²) in [6.45, 7) is 5.57. The zero-order valence-electron chi connectivity index (χ0n) is 14.6. The highest BCUT2D eigenvalue weighted by Crippen LogP contribution is 2.37. The van der Waals surface area contributed by atoms with Gasteiger partial charge in [0.25, 0.3) is 0 Å². The first kappa shape index (κ1) is 16.0. The molecule has 1 unspecified atom stereocenters. The van der Waals surface area contributed by atoms with Gasteiger partial charge in [-0.15, -0.1) is 0 Å². The molecule has 4 heteroatoms. The van der Waals surface area contributed by atoms with E-state index in [4.69, 9.17) is 9.15 Å². The van der Waals surface area contributed by atoms with Crippen molar-refractivity contribution in [3.63, 3.8) is 0 Å². The van der Waals surface area contributed by atoms with E-state index in [1.165, 1.54) is 11.3 Å². The van der Waals surface area contributed by atoms with Gasteiger partial charge in [-0.2, -0.15) is 0 Å². The molecule has 0 N–H and O–H groups in total. The van der Waals surface area contributed by atoms with Gasteiger partial charge < -0.3 is 13.7 Å². The smallest absolute Gasteiger partial charge is 0.124 e. The molecule has 0 bridgehead atoms. The van der Waals surface area contributed by atoms with E-state index < -0.39 is 0 Å². The minimum Gasteiger partial charge on any atom is -0.494 e. The molecule has 0 saturated heterocycles. The summed E-state index contributed by atoms with van der Waals surface area (Å²) in [5.41, 5.74) is 2.54. The zero-order chi connectivity index (χ0) is 17.1. The Labute approximate surface area is 148 Å². The Morgan fingerprint density at radius 3 is 2.84 bits per heavy atom. The van der Waals surface area contributed by atoms with Crippen molar-refractivity contribution in [3.8, 4) is 5.75 Å². The fourth-order valence-electron chi connectivity index (χ4n) is 3.76. The zero-order valence-corrected chi connectivity index (χ0v) is 14.6. The summed E-state index contributed by atoms with van der Waals surface area (Å²) in [7, 11) is 0. The third kappa shape index (κ3) is 3.22. The Kier molecular flexibility index (Phi) is 4.61. The predicted molar refractivity (Wildman–Crippen MR) is 97.6 cm³/mol. The number of para-hydroxylation sites is 1. The Hall–Kier alpha value is -2.46. The monoisotopic (exact) mass is 336 g/mol. The second-order valence-corrected chi connectivity index (χ2v) is 6.40. The molecule has 1 aliphatic rings. The maximum absolute atomic E-state index is 5.95. The van der Waals surface area contributed by atoms with E-state index in [9.17, 15) is 0 Å². The van der Waals surface area contributed by atoms with Gasteiger partial charge in [0.05, 0.1) is 25.5 Å². The first-order chi connectivity index (χ1) is 12.4. The molecule has 25 heavy (non-hydrogen) atoms. The number of hydrogen-bond acceptors (Lipinski definition) is 3. The number of furan rings is 1. The molecule has 1 aromatic carbocycles. The molecule has 0 spiro atoms. The minimum atomic E-state index is 0.158. The highest BCUT2D eigenvalue weighted by atomic mass is 16.5. The normalized spacial score (nSPS) is 17.9. The Morgan fingerprint density at radius 2 is 2.00 bits per heavy atom. The fraction of sp³-hybridized carbons (Fsp3) is 0.333. The van der Waals surface area contributed by atoms with Crippen LogP contribution in [0.3, 0.4) is 0 Å². The highest BCUT2D eigenvalue weighted by molar-refractivity contribution is 5.41. The summed E-state index contributed by atoms with van der Waals surface area (Å²) >= 11 is 0. The second-order valence-electron chi connectivity index (χ2n) is 6.40. The van der Waals surface area contributed by atoms with Gasteiger partial charge in [-0.25, -0.2) is 0 Å². The lowest BCUT2D eigenvalue weighted by atomic mass is 10.0. The number of benzene rings is 1. The number of aryl methyl sites for hydroxylation is 1. The molecule has 1 atom stereocenters. The summed E-state index contributed by atoms with van der Waals surface area (Å²) in [5, 5.41) is 0. The molecular formula is C21H24N2O2. The van der Waals surface area contributed by atoms with Crippen LogP contribution in [0.25, 0.3) is 0 Å². The van der Waals surface area contributed by atoms with Gasteiger partial charge in [0.1, 0.15) is 11.5 Å². The molecule has 0 fully saturated rings. The molecule has 3 aromatic rings. The summed E-state index contributed by atoms with van der Waals surface area (Å²) in [5.74, 6) is 1.97. The predicted octanol–water partition coefficient (Wildman–Crippen LogP) is 4.48. The average Bonchev–Trinajstić information content (AvgIpc) is 3.26. The van der Waals surface area contributed by atoms with E-state index in [1.54, 1.807) is 6.26 Å². The first-order valence-corrected chi connectivity index (χ1v) is 9.00. The molecule has 1 aliphatic heterocycles. The quantitative estimate of drug-likeness (QED) is 0.688. The van der Waals surface area contributed by atoms with Crippen LogP contribution in [0.5, 0.6) is 5.75 Å². The van der Waals surface area contributed by atoms with Crippen molar-refractivity contribution in [1.29, 1.82) is 0 Å². The van der Waals surface area contributed by atoms with Gasteiger partial charge in [-0.3, -0.25) is 4.90 Å². The van der Waals surface area contributed by atoms with E-state index in [1.807, 2.05) is 19.1 Å². The van der Waals surface area contributed by atoms with Crippen molar-refractivity contribution in [2.75, 3.05) is 13.2 Å². The number of ether oxygens (including phenoxy) is 1. The van der Waals surface area contributed by atoms with Crippen molar-refractivity contribution in [2.45, 2.75) is 32.5 Å². The van der Waals surface area contributed by atoms with Crippen molar-refractivity contribution in [1.82, 2.24) is 9.47 Å². The van der Waals surface area contributed by atoms with Crippen molar-refractivity contribution in [2.24, 2.45) is 0 Å². The molecule has 4 nitrogen and oxygen atoms in total. The Bertz CT molecular complexity index is 807. The number of rotatable bonds is 5. The van der Waals surface area contributed by atoms with Crippen LogP contribution in [-0.4, -0.2) is 22.6 Å². The summed E-state index contributed by atoms with van der Waals surface area (Å²) in [6.07, 6.45) is 5.05. The van der Waals surface area contributed by atoms with Crippen molar-refractivity contribution < 1.29 is 9.15 Å². The lowest BCUT2D eigenvalue weighted by Crippen LogP contribution is -2.29. The van der Waals surface area contributed by atoms with E-state index in [-0.39, 0.29) is 6.04 Å². The van der Waals surface area contributed by atoms with Gasteiger partial charge in [-0.1, -0.05) is 18.2 Å². The molecule has 3 heterocycles. The third-order valence-corrected chi connectivity index (χ3v) is 4.81. The average molecular weight is 336 g/mol. The van der Waals surface area contributed by atoms with Gasteiger partial charge in [-0.05, 0) is 43.7 Å². The van der Waals surface area contributed by atoms with Crippen LogP contribution in [0.1, 0.15) is 36.4 Å². The second kappa shape index (κ2) is 7.19. The van der Waals surface area contributed by atoms with Crippen LogP contribution >= 0.6 is 0 Å². The molecule has 130 valence electrons. The van der Waals surface area contributed by atoms with Gasteiger partial charge in [0.2, 0.25) is 0 Å². The molecule has 0 amide bonds. The number of hydrogen-bond donors (Lipinski definition) is 0. The number of aromatic nitrogens is 1. The maximum atomic E-state index is 5.95. The molecule has 0 radical (unpaired) electrons. The number of fused-ring (bicyclic) bond motifs is 1.